The Morgan fingerprint density at radius 2 is 2.00 bits per heavy atom. The van der Waals surface area contributed by atoms with Gasteiger partial charge in [-0.3, -0.25) is 19.4 Å². The third kappa shape index (κ3) is 2.35. The minimum absolute atomic E-state index is 0.0561. The van der Waals surface area contributed by atoms with E-state index in [1.807, 2.05) is 19.3 Å². The second kappa shape index (κ2) is 4.61. The molecular formula is C14H12N4O. The molecule has 0 saturated heterocycles. The first kappa shape index (κ1) is 11.5. The number of carbonyl (C=O) groups is 1. The van der Waals surface area contributed by atoms with E-state index >= 15 is 0 Å². The van der Waals surface area contributed by atoms with Crippen molar-refractivity contribution in [2.45, 2.75) is 6.42 Å². The van der Waals surface area contributed by atoms with E-state index in [1.165, 1.54) is 0 Å². The van der Waals surface area contributed by atoms with E-state index < -0.39 is 0 Å². The highest BCUT2D eigenvalue weighted by molar-refractivity contribution is 5.99. The fraction of sp³-hybridized carbons (Fsp3) is 0.143. The summed E-state index contributed by atoms with van der Waals surface area (Å²) in [6.45, 7) is 0. The lowest BCUT2D eigenvalue weighted by Crippen LogP contribution is -2.03. The number of fused-ring (bicyclic) bond motifs is 1. The summed E-state index contributed by atoms with van der Waals surface area (Å²) in [5.74, 6) is 0.0561. The molecular weight excluding hydrogens is 240 g/mol. The normalized spacial score (nSPS) is 10.8. The van der Waals surface area contributed by atoms with Crippen LogP contribution in [-0.2, 0) is 13.5 Å². The van der Waals surface area contributed by atoms with Gasteiger partial charge in [-0.1, -0.05) is 0 Å². The number of Topliss-reactive ketones (excluding diaryl/α,β-unsaturated/α-hetero) is 1. The molecule has 0 amide bonds. The molecule has 3 rings (SSSR count). The standard InChI is InChI=1S/C14H12N4O/c1-18-9-10(8-17-18)6-14(19)11-2-3-12-13(7-11)16-5-4-15-12/h2-5,7-9H,6H2,1H3. The molecule has 0 N–H and O–H groups in total. The van der Waals surface area contributed by atoms with Gasteiger partial charge < -0.3 is 0 Å². The van der Waals surface area contributed by atoms with Gasteiger partial charge in [0.1, 0.15) is 0 Å². The van der Waals surface area contributed by atoms with Crippen LogP contribution in [0.1, 0.15) is 15.9 Å². The highest BCUT2D eigenvalue weighted by atomic mass is 16.1. The summed E-state index contributed by atoms with van der Waals surface area (Å²) >= 11 is 0. The molecule has 0 aliphatic heterocycles. The zero-order valence-corrected chi connectivity index (χ0v) is 10.4. The number of aryl methyl sites for hydroxylation is 1. The quantitative estimate of drug-likeness (QED) is 0.667. The van der Waals surface area contributed by atoms with Gasteiger partial charge in [0, 0.05) is 37.6 Å². The van der Waals surface area contributed by atoms with Crippen LogP contribution in [0.4, 0.5) is 0 Å². The van der Waals surface area contributed by atoms with Crippen LogP contribution in [0.2, 0.25) is 0 Å². The Hall–Kier alpha value is -2.56. The summed E-state index contributed by atoms with van der Waals surface area (Å²) in [6, 6.07) is 5.38. The number of carbonyl (C=O) groups excluding carboxylic acids is 1. The summed E-state index contributed by atoms with van der Waals surface area (Å²) in [5.41, 5.74) is 3.09. The molecule has 1 aromatic carbocycles. The average Bonchev–Trinajstić information content (AvgIpc) is 2.83. The van der Waals surface area contributed by atoms with Crippen LogP contribution in [0, 0.1) is 0 Å². The van der Waals surface area contributed by atoms with E-state index in [1.54, 1.807) is 35.4 Å². The van der Waals surface area contributed by atoms with Crippen LogP contribution >= 0.6 is 0 Å². The van der Waals surface area contributed by atoms with Gasteiger partial charge in [0.2, 0.25) is 0 Å². The lowest BCUT2D eigenvalue weighted by atomic mass is 10.0. The molecule has 0 atom stereocenters. The van der Waals surface area contributed by atoms with Gasteiger partial charge in [-0.15, -0.1) is 0 Å². The van der Waals surface area contributed by atoms with E-state index in [-0.39, 0.29) is 5.78 Å². The van der Waals surface area contributed by atoms with E-state index in [0.29, 0.717) is 12.0 Å². The Labute approximate surface area is 109 Å². The van der Waals surface area contributed by atoms with Crippen LogP contribution in [0.15, 0.2) is 43.0 Å². The SMILES string of the molecule is Cn1cc(CC(=O)c2ccc3nccnc3c2)cn1. The summed E-state index contributed by atoms with van der Waals surface area (Å²) < 4.78 is 1.69. The fourth-order valence-electron chi connectivity index (χ4n) is 1.99. The largest absolute Gasteiger partial charge is 0.294 e. The highest BCUT2D eigenvalue weighted by Gasteiger charge is 2.09. The van der Waals surface area contributed by atoms with Gasteiger partial charge in [-0.05, 0) is 23.8 Å². The molecule has 19 heavy (non-hydrogen) atoms. The van der Waals surface area contributed by atoms with Gasteiger partial charge in [-0.25, -0.2) is 0 Å². The fourth-order valence-corrected chi connectivity index (χ4v) is 1.99. The average molecular weight is 252 g/mol. The lowest BCUT2D eigenvalue weighted by Gasteiger charge is -2.01. The molecule has 0 radical (unpaired) electrons. The smallest absolute Gasteiger partial charge is 0.167 e. The molecule has 0 fully saturated rings. The predicted octanol–water partition coefficient (Wildman–Crippen LogP) is 1.79. The van der Waals surface area contributed by atoms with Crippen LogP contribution < -0.4 is 0 Å². The Balaban J connectivity index is 1.89. The van der Waals surface area contributed by atoms with Gasteiger partial charge in [0.25, 0.3) is 0 Å². The molecule has 0 aliphatic rings. The number of hydrogen-bond acceptors (Lipinski definition) is 4. The van der Waals surface area contributed by atoms with Gasteiger partial charge in [0.15, 0.2) is 5.78 Å². The number of ketones is 1. The van der Waals surface area contributed by atoms with Gasteiger partial charge >= 0.3 is 0 Å². The lowest BCUT2D eigenvalue weighted by molar-refractivity contribution is 0.0993. The second-order valence-electron chi connectivity index (χ2n) is 4.38. The van der Waals surface area contributed by atoms with Crippen molar-refractivity contribution in [2.24, 2.45) is 7.05 Å². The number of aromatic nitrogens is 4. The molecule has 2 aromatic heterocycles. The molecule has 0 bridgehead atoms. The van der Waals surface area contributed by atoms with Crippen molar-refractivity contribution < 1.29 is 4.79 Å². The maximum Gasteiger partial charge on any atom is 0.167 e. The van der Waals surface area contributed by atoms with Crippen molar-refractivity contribution in [1.29, 1.82) is 0 Å². The molecule has 0 aliphatic carbocycles. The third-order valence-electron chi connectivity index (χ3n) is 2.91. The minimum Gasteiger partial charge on any atom is -0.294 e. The van der Waals surface area contributed by atoms with Crippen molar-refractivity contribution >= 4 is 16.8 Å². The van der Waals surface area contributed by atoms with Gasteiger partial charge in [0.05, 0.1) is 17.2 Å². The van der Waals surface area contributed by atoms with Crippen molar-refractivity contribution in [1.82, 2.24) is 19.7 Å². The summed E-state index contributed by atoms with van der Waals surface area (Å²) in [7, 11) is 1.83. The van der Waals surface area contributed by atoms with Crippen molar-refractivity contribution in [3.05, 3.63) is 54.1 Å². The Kier molecular flexibility index (Phi) is 2.79. The van der Waals surface area contributed by atoms with E-state index in [0.717, 1.165) is 16.6 Å². The predicted molar refractivity (Wildman–Crippen MR) is 70.8 cm³/mol. The number of hydrogen-bond donors (Lipinski definition) is 0. The summed E-state index contributed by atoms with van der Waals surface area (Å²) in [6.07, 6.45) is 7.16. The van der Waals surface area contributed by atoms with Crippen molar-refractivity contribution in [3.8, 4) is 0 Å². The molecule has 2 heterocycles. The topological polar surface area (TPSA) is 60.7 Å². The molecule has 5 nitrogen and oxygen atoms in total. The highest BCUT2D eigenvalue weighted by Crippen LogP contribution is 2.13. The van der Waals surface area contributed by atoms with Crippen LogP contribution in [0.5, 0.6) is 0 Å². The number of benzene rings is 1. The monoisotopic (exact) mass is 252 g/mol. The maximum atomic E-state index is 12.2. The van der Waals surface area contributed by atoms with E-state index in [2.05, 4.69) is 15.1 Å². The second-order valence-corrected chi connectivity index (χ2v) is 4.38. The summed E-state index contributed by atoms with van der Waals surface area (Å²) in [4.78, 5) is 20.6. The summed E-state index contributed by atoms with van der Waals surface area (Å²) in [5, 5.41) is 4.06. The molecule has 0 spiro atoms. The first-order valence-electron chi connectivity index (χ1n) is 5.94. The van der Waals surface area contributed by atoms with Crippen molar-refractivity contribution in [2.75, 3.05) is 0 Å². The van der Waals surface area contributed by atoms with E-state index in [4.69, 9.17) is 0 Å². The van der Waals surface area contributed by atoms with Crippen LogP contribution in [-0.4, -0.2) is 25.5 Å². The maximum absolute atomic E-state index is 12.2. The first-order chi connectivity index (χ1) is 9.22. The number of rotatable bonds is 3. The molecule has 3 aromatic rings. The zero-order chi connectivity index (χ0) is 13.2. The Morgan fingerprint density at radius 1 is 1.21 bits per heavy atom. The molecule has 5 heteroatoms. The van der Waals surface area contributed by atoms with Crippen molar-refractivity contribution in [3.63, 3.8) is 0 Å². The number of nitrogens with zero attached hydrogens (tertiary/aromatic N) is 4. The Bertz CT molecular complexity index is 748. The van der Waals surface area contributed by atoms with Crippen LogP contribution in [0.3, 0.4) is 0 Å². The molecule has 0 saturated carbocycles. The third-order valence-corrected chi connectivity index (χ3v) is 2.91. The minimum atomic E-state index is 0.0561. The zero-order valence-electron chi connectivity index (χ0n) is 10.4. The molecule has 94 valence electrons. The van der Waals surface area contributed by atoms with E-state index in [9.17, 15) is 4.79 Å². The van der Waals surface area contributed by atoms with Crippen LogP contribution in [0.25, 0.3) is 11.0 Å². The molecule has 0 unspecified atom stereocenters. The van der Waals surface area contributed by atoms with Gasteiger partial charge in [-0.2, -0.15) is 5.10 Å². The Morgan fingerprint density at radius 3 is 2.74 bits per heavy atom. The first-order valence-corrected chi connectivity index (χ1v) is 5.94.